The van der Waals surface area contributed by atoms with Gasteiger partial charge in [0.2, 0.25) is 0 Å². The van der Waals surface area contributed by atoms with Crippen LogP contribution in [0.3, 0.4) is 0 Å². The number of rotatable bonds is 6. The van der Waals surface area contributed by atoms with Gasteiger partial charge in [-0.05, 0) is 55.0 Å². The minimum Gasteiger partial charge on any atom is -0.494 e. The van der Waals surface area contributed by atoms with E-state index < -0.39 is 0 Å². The number of para-hydroxylation sites is 1. The van der Waals surface area contributed by atoms with E-state index in [0.717, 1.165) is 40.5 Å². The molecule has 0 aliphatic carbocycles. The molecule has 0 saturated carbocycles. The van der Waals surface area contributed by atoms with Crippen molar-refractivity contribution in [3.63, 3.8) is 0 Å². The lowest BCUT2D eigenvalue weighted by molar-refractivity contribution is -0.853. The van der Waals surface area contributed by atoms with Crippen LogP contribution >= 0.6 is 0 Å². The second-order valence-corrected chi connectivity index (χ2v) is 7.82. The first-order valence-corrected chi connectivity index (χ1v) is 10.3. The van der Waals surface area contributed by atoms with E-state index in [-0.39, 0.29) is 11.7 Å². The first-order chi connectivity index (χ1) is 14.6. The average molecular weight is 405 g/mol. The fraction of sp³-hybridized carbons (Fsp3) is 0.231. The molecule has 0 spiro atoms. The van der Waals surface area contributed by atoms with Crippen molar-refractivity contribution in [2.75, 3.05) is 27.2 Å². The van der Waals surface area contributed by atoms with Crippen molar-refractivity contribution in [3.05, 3.63) is 101 Å². The minimum absolute atomic E-state index is 0.00650. The molecule has 1 N–H and O–H groups in total. The first kappa shape index (κ1) is 20.2. The molecule has 0 bridgehead atoms. The third-order valence-electron chi connectivity index (χ3n) is 5.26. The summed E-state index contributed by atoms with van der Waals surface area (Å²) < 4.78 is 25.7. The molecule has 1 aliphatic heterocycles. The number of hydrogen-bond acceptors (Lipinski definition) is 2. The molecule has 0 aromatic heterocycles. The van der Waals surface area contributed by atoms with Crippen molar-refractivity contribution in [1.82, 2.24) is 0 Å². The Kier molecular flexibility index (Phi) is 5.86. The van der Waals surface area contributed by atoms with Crippen LogP contribution in [-0.4, -0.2) is 27.2 Å². The number of halogens is 1. The Morgan fingerprint density at radius 3 is 2.30 bits per heavy atom. The summed E-state index contributed by atoms with van der Waals surface area (Å²) >= 11 is 0. The number of benzene rings is 3. The molecule has 1 atom stereocenters. The molecule has 154 valence electrons. The Morgan fingerprint density at radius 2 is 1.63 bits per heavy atom. The molecule has 0 unspecified atom stereocenters. The molecule has 3 nitrogen and oxygen atoms in total. The summed E-state index contributed by atoms with van der Waals surface area (Å²) in [5, 5.41) is 0. The number of hydrogen-bond donors (Lipinski definition) is 1. The zero-order chi connectivity index (χ0) is 21.1. The molecule has 30 heavy (non-hydrogen) atoms. The Bertz CT molecular complexity index is 1040. The molecule has 1 heterocycles. The third kappa shape index (κ3) is 4.10. The van der Waals surface area contributed by atoms with Gasteiger partial charge >= 0.3 is 0 Å². The van der Waals surface area contributed by atoms with Gasteiger partial charge in [0.05, 0.1) is 20.7 Å². The van der Waals surface area contributed by atoms with Crippen LogP contribution in [0.5, 0.6) is 11.5 Å². The second kappa shape index (κ2) is 8.72. The normalized spacial score (nSPS) is 15.7. The summed E-state index contributed by atoms with van der Waals surface area (Å²) in [7, 11) is 4.26. The molecule has 4 heteroatoms. The third-order valence-corrected chi connectivity index (χ3v) is 5.26. The van der Waals surface area contributed by atoms with Crippen LogP contribution in [0.25, 0.3) is 5.76 Å². The summed E-state index contributed by atoms with van der Waals surface area (Å²) in [5.74, 6) is 2.33. The summed E-state index contributed by atoms with van der Waals surface area (Å²) in [4.78, 5) is 1.29. The zero-order valence-corrected chi connectivity index (χ0v) is 17.6. The molecule has 0 fully saturated rings. The van der Waals surface area contributed by atoms with Crippen LogP contribution in [0, 0.1) is 5.82 Å². The molecule has 0 amide bonds. The van der Waals surface area contributed by atoms with Gasteiger partial charge < -0.3 is 14.4 Å². The average Bonchev–Trinajstić information content (AvgIpc) is 2.75. The maximum Gasteiger partial charge on any atom is 0.140 e. The Hall–Kier alpha value is -3.11. The van der Waals surface area contributed by atoms with Crippen LogP contribution in [-0.2, 0) is 0 Å². The van der Waals surface area contributed by atoms with Crippen molar-refractivity contribution < 1.29 is 18.8 Å². The predicted molar refractivity (Wildman–Crippen MR) is 118 cm³/mol. The van der Waals surface area contributed by atoms with Crippen LogP contribution in [0.15, 0.2) is 78.4 Å². The van der Waals surface area contributed by atoms with E-state index >= 15 is 0 Å². The van der Waals surface area contributed by atoms with E-state index in [0.29, 0.717) is 6.61 Å². The van der Waals surface area contributed by atoms with E-state index in [4.69, 9.17) is 9.47 Å². The fourth-order valence-corrected chi connectivity index (χ4v) is 4.02. The lowest BCUT2D eigenvalue weighted by Crippen LogP contribution is -3.06. The Morgan fingerprint density at radius 1 is 0.933 bits per heavy atom. The monoisotopic (exact) mass is 404 g/mol. The van der Waals surface area contributed by atoms with Crippen molar-refractivity contribution in [3.8, 4) is 11.5 Å². The molecular weight excluding hydrogens is 377 g/mol. The van der Waals surface area contributed by atoms with Gasteiger partial charge in [-0.3, -0.25) is 0 Å². The van der Waals surface area contributed by atoms with E-state index in [1.165, 1.54) is 22.6 Å². The van der Waals surface area contributed by atoms with Gasteiger partial charge in [-0.2, -0.15) is 0 Å². The predicted octanol–water partition coefficient (Wildman–Crippen LogP) is 4.30. The van der Waals surface area contributed by atoms with Gasteiger partial charge in [0.15, 0.2) is 0 Å². The van der Waals surface area contributed by atoms with E-state index in [2.05, 4.69) is 20.2 Å². The molecule has 4 rings (SSSR count). The second-order valence-electron chi connectivity index (χ2n) is 7.82. The number of quaternary nitrogens is 1. The van der Waals surface area contributed by atoms with Gasteiger partial charge in [0.1, 0.15) is 29.6 Å². The SMILES string of the molecule is CCOc1ccc(C2=C(C[NH+](C)C)[C@@H](c3ccc(F)cc3)c3ccccc3O2)cc1. The highest BCUT2D eigenvalue weighted by Crippen LogP contribution is 2.45. The highest BCUT2D eigenvalue weighted by molar-refractivity contribution is 5.72. The lowest BCUT2D eigenvalue weighted by atomic mass is 9.81. The van der Waals surface area contributed by atoms with E-state index in [1.807, 2.05) is 61.5 Å². The quantitative estimate of drug-likeness (QED) is 0.662. The Balaban J connectivity index is 1.88. The Labute approximate surface area is 177 Å². The fourth-order valence-electron chi connectivity index (χ4n) is 4.02. The van der Waals surface area contributed by atoms with Gasteiger partial charge in [-0.1, -0.05) is 30.3 Å². The standard InChI is InChI=1S/C26H26FNO2/c1-4-29-21-15-11-19(12-16-21)26-23(17-28(2)3)25(18-9-13-20(27)14-10-18)22-7-5-6-8-24(22)30-26/h5-16,25H,4,17H2,1-3H3/p+1/t25-/m0/s1. The zero-order valence-electron chi connectivity index (χ0n) is 17.6. The van der Waals surface area contributed by atoms with Crippen LogP contribution in [0.4, 0.5) is 4.39 Å². The van der Waals surface area contributed by atoms with Gasteiger partial charge in [-0.15, -0.1) is 0 Å². The molecule has 3 aromatic rings. The summed E-state index contributed by atoms with van der Waals surface area (Å²) in [6, 6.07) is 23.0. The van der Waals surface area contributed by atoms with E-state index in [9.17, 15) is 4.39 Å². The van der Waals surface area contributed by atoms with Crippen LogP contribution < -0.4 is 14.4 Å². The highest BCUT2D eigenvalue weighted by Gasteiger charge is 2.33. The van der Waals surface area contributed by atoms with Gasteiger partial charge in [0, 0.05) is 22.6 Å². The molecule has 0 radical (unpaired) electrons. The number of ether oxygens (including phenoxy) is 2. The van der Waals surface area contributed by atoms with Crippen molar-refractivity contribution >= 4 is 5.76 Å². The number of likely N-dealkylation sites (N-methyl/N-ethyl adjacent to an activating group) is 1. The molecular formula is C26H27FNO2+. The van der Waals surface area contributed by atoms with Crippen molar-refractivity contribution in [2.24, 2.45) is 0 Å². The van der Waals surface area contributed by atoms with Gasteiger partial charge in [0.25, 0.3) is 0 Å². The summed E-state index contributed by atoms with van der Waals surface area (Å²) in [6.07, 6.45) is 0. The number of fused-ring (bicyclic) bond motifs is 1. The lowest BCUT2D eigenvalue weighted by Gasteiger charge is -2.31. The summed E-state index contributed by atoms with van der Waals surface area (Å²) in [5.41, 5.74) is 4.36. The largest absolute Gasteiger partial charge is 0.494 e. The maximum absolute atomic E-state index is 13.6. The molecule has 1 aliphatic rings. The molecule has 0 saturated heterocycles. The van der Waals surface area contributed by atoms with E-state index in [1.54, 1.807) is 0 Å². The molecule has 3 aromatic carbocycles. The van der Waals surface area contributed by atoms with Crippen molar-refractivity contribution in [1.29, 1.82) is 0 Å². The summed E-state index contributed by atoms with van der Waals surface area (Å²) in [6.45, 7) is 3.41. The van der Waals surface area contributed by atoms with Gasteiger partial charge in [-0.25, -0.2) is 4.39 Å². The topological polar surface area (TPSA) is 22.9 Å². The number of nitrogens with one attached hydrogen (secondary N) is 1. The smallest absolute Gasteiger partial charge is 0.140 e. The van der Waals surface area contributed by atoms with Crippen LogP contribution in [0.1, 0.15) is 29.5 Å². The highest BCUT2D eigenvalue weighted by atomic mass is 19.1. The first-order valence-electron chi connectivity index (χ1n) is 10.3. The van der Waals surface area contributed by atoms with Crippen LogP contribution in [0.2, 0.25) is 0 Å². The minimum atomic E-state index is -0.227. The van der Waals surface area contributed by atoms with Crippen molar-refractivity contribution in [2.45, 2.75) is 12.8 Å². The maximum atomic E-state index is 13.6.